The van der Waals surface area contributed by atoms with Crippen LogP contribution in [0.3, 0.4) is 0 Å². The van der Waals surface area contributed by atoms with Gasteiger partial charge >= 0.3 is 0 Å². The summed E-state index contributed by atoms with van der Waals surface area (Å²) in [6.07, 6.45) is -0.473. The van der Waals surface area contributed by atoms with E-state index >= 15 is 0 Å². The second-order valence-corrected chi connectivity index (χ2v) is 6.24. The van der Waals surface area contributed by atoms with Crippen LogP contribution in [0, 0.1) is 12.8 Å². The Labute approximate surface area is 135 Å². The Hall–Kier alpha value is -0.940. The van der Waals surface area contributed by atoms with Gasteiger partial charge in [-0.05, 0) is 24.0 Å². The van der Waals surface area contributed by atoms with E-state index in [1.807, 2.05) is 6.07 Å². The van der Waals surface area contributed by atoms with Gasteiger partial charge in [0.05, 0.1) is 19.3 Å². The highest BCUT2D eigenvalue weighted by molar-refractivity contribution is 5.25. The topological polar surface area (TPSA) is 41.9 Å². The van der Waals surface area contributed by atoms with E-state index in [0.717, 1.165) is 13.1 Å². The summed E-state index contributed by atoms with van der Waals surface area (Å²) in [4.78, 5) is 2.22. The van der Waals surface area contributed by atoms with Crippen LogP contribution >= 0.6 is 0 Å². The van der Waals surface area contributed by atoms with E-state index in [9.17, 15) is 5.11 Å². The molecule has 0 spiro atoms. The minimum absolute atomic E-state index is 0.384. The lowest BCUT2D eigenvalue weighted by Crippen LogP contribution is -2.37. The number of benzene rings is 1. The molecule has 126 valence electrons. The Kier molecular flexibility index (Phi) is 9.32. The van der Waals surface area contributed by atoms with Gasteiger partial charge in [-0.3, -0.25) is 4.90 Å². The summed E-state index contributed by atoms with van der Waals surface area (Å²) in [7, 11) is 1.70. The van der Waals surface area contributed by atoms with Gasteiger partial charge in [0.2, 0.25) is 0 Å². The molecule has 0 aliphatic heterocycles. The Morgan fingerprint density at radius 3 is 2.55 bits per heavy atom. The number of rotatable bonds is 11. The minimum atomic E-state index is -0.473. The second kappa shape index (κ2) is 10.7. The minimum Gasteiger partial charge on any atom is -0.389 e. The number of hydrogen-bond acceptors (Lipinski definition) is 4. The molecular formula is C18H31NO3. The van der Waals surface area contributed by atoms with Crippen LogP contribution in [-0.4, -0.2) is 56.1 Å². The zero-order chi connectivity index (χ0) is 16.4. The Morgan fingerprint density at radius 2 is 1.91 bits per heavy atom. The molecule has 0 amide bonds. The number of hydrogen-bond donors (Lipinski definition) is 1. The summed E-state index contributed by atoms with van der Waals surface area (Å²) in [6, 6.07) is 8.36. The van der Waals surface area contributed by atoms with Crippen LogP contribution in [-0.2, 0) is 16.0 Å². The fraction of sp³-hybridized carbons (Fsp3) is 0.667. The standard InChI is InChI=1S/C18H31NO3/c1-15(2)13-22-14-18(20)12-19(9-10-21-4)11-17-8-6-5-7-16(17)3/h5-8,15,18,20H,9-14H2,1-4H3. The van der Waals surface area contributed by atoms with Crippen molar-refractivity contribution in [2.45, 2.75) is 33.4 Å². The van der Waals surface area contributed by atoms with Gasteiger partial charge in [0.15, 0.2) is 0 Å². The Balaban J connectivity index is 2.51. The van der Waals surface area contributed by atoms with Crippen molar-refractivity contribution in [3.8, 4) is 0 Å². The van der Waals surface area contributed by atoms with Crippen LogP contribution in [0.15, 0.2) is 24.3 Å². The zero-order valence-electron chi connectivity index (χ0n) is 14.4. The van der Waals surface area contributed by atoms with Gasteiger partial charge in [-0.1, -0.05) is 38.1 Å². The summed E-state index contributed by atoms with van der Waals surface area (Å²) in [5, 5.41) is 10.2. The number of methoxy groups -OCH3 is 1. The molecule has 0 saturated heterocycles. The van der Waals surface area contributed by atoms with Crippen LogP contribution in [0.25, 0.3) is 0 Å². The third-order valence-corrected chi connectivity index (χ3v) is 3.50. The van der Waals surface area contributed by atoms with Gasteiger partial charge in [0, 0.05) is 33.4 Å². The summed E-state index contributed by atoms with van der Waals surface area (Å²) < 4.78 is 10.7. The lowest BCUT2D eigenvalue weighted by Gasteiger charge is -2.25. The predicted molar refractivity (Wildman–Crippen MR) is 90.0 cm³/mol. The van der Waals surface area contributed by atoms with Crippen LogP contribution in [0.4, 0.5) is 0 Å². The van der Waals surface area contributed by atoms with Gasteiger partial charge < -0.3 is 14.6 Å². The molecule has 0 aromatic heterocycles. The molecule has 0 radical (unpaired) electrons. The van der Waals surface area contributed by atoms with Crippen molar-refractivity contribution in [2.75, 3.05) is 40.0 Å². The fourth-order valence-corrected chi connectivity index (χ4v) is 2.27. The SMILES string of the molecule is COCCN(Cc1ccccc1C)CC(O)COCC(C)C. The van der Waals surface area contributed by atoms with Crippen molar-refractivity contribution in [1.82, 2.24) is 4.90 Å². The quantitative estimate of drug-likeness (QED) is 0.682. The van der Waals surface area contributed by atoms with Crippen molar-refractivity contribution >= 4 is 0 Å². The van der Waals surface area contributed by atoms with Crippen LogP contribution in [0.1, 0.15) is 25.0 Å². The molecule has 4 heteroatoms. The van der Waals surface area contributed by atoms with Gasteiger partial charge in [0.1, 0.15) is 0 Å². The molecule has 0 heterocycles. The third-order valence-electron chi connectivity index (χ3n) is 3.50. The first-order valence-corrected chi connectivity index (χ1v) is 8.04. The molecule has 1 unspecified atom stereocenters. The molecule has 1 atom stereocenters. The Morgan fingerprint density at radius 1 is 1.18 bits per heavy atom. The molecule has 22 heavy (non-hydrogen) atoms. The summed E-state index contributed by atoms with van der Waals surface area (Å²) in [5.41, 5.74) is 2.56. The van der Waals surface area contributed by atoms with E-state index in [1.165, 1.54) is 11.1 Å². The average molecular weight is 309 g/mol. The van der Waals surface area contributed by atoms with Crippen molar-refractivity contribution in [1.29, 1.82) is 0 Å². The monoisotopic (exact) mass is 309 g/mol. The van der Waals surface area contributed by atoms with Crippen molar-refractivity contribution in [2.24, 2.45) is 5.92 Å². The first-order valence-electron chi connectivity index (χ1n) is 8.04. The molecule has 1 N–H and O–H groups in total. The highest BCUT2D eigenvalue weighted by Gasteiger charge is 2.13. The van der Waals surface area contributed by atoms with Gasteiger partial charge in [-0.15, -0.1) is 0 Å². The first kappa shape index (κ1) is 19.1. The number of aliphatic hydroxyl groups is 1. The smallest absolute Gasteiger partial charge is 0.0900 e. The third kappa shape index (κ3) is 7.90. The molecule has 1 aromatic carbocycles. The molecule has 4 nitrogen and oxygen atoms in total. The lowest BCUT2D eigenvalue weighted by molar-refractivity contribution is 0.00333. The van der Waals surface area contributed by atoms with Gasteiger partial charge in [-0.25, -0.2) is 0 Å². The molecule has 0 aliphatic carbocycles. The molecule has 0 fully saturated rings. The van der Waals surface area contributed by atoms with Crippen LogP contribution < -0.4 is 0 Å². The maximum Gasteiger partial charge on any atom is 0.0900 e. The van der Waals surface area contributed by atoms with Crippen molar-refractivity contribution in [3.63, 3.8) is 0 Å². The predicted octanol–water partition coefficient (Wildman–Crippen LogP) is 2.48. The largest absolute Gasteiger partial charge is 0.389 e. The lowest BCUT2D eigenvalue weighted by atomic mass is 10.1. The number of nitrogens with zero attached hydrogens (tertiary/aromatic N) is 1. The van der Waals surface area contributed by atoms with Crippen molar-refractivity contribution < 1.29 is 14.6 Å². The number of aryl methyl sites for hydroxylation is 1. The molecule has 0 bridgehead atoms. The normalized spacial score (nSPS) is 13.0. The van der Waals surface area contributed by atoms with E-state index < -0.39 is 6.10 Å². The molecule has 1 aromatic rings. The van der Waals surface area contributed by atoms with Gasteiger partial charge in [-0.2, -0.15) is 0 Å². The van der Waals surface area contributed by atoms with E-state index in [4.69, 9.17) is 9.47 Å². The van der Waals surface area contributed by atoms with E-state index in [0.29, 0.717) is 32.3 Å². The average Bonchev–Trinajstić information content (AvgIpc) is 2.46. The molecule has 0 saturated carbocycles. The molecular weight excluding hydrogens is 278 g/mol. The maximum atomic E-state index is 10.2. The fourth-order valence-electron chi connectivity index (χ4n) is 2.27. The van der Waals surface area contributed by atoms with E-state index in [2.05, 4.69) is 43.9 Å². The van der Waals surface area contributed by atoms with Crippen LogP contribution in [0.5, 0.6) is 0 Å². The van der Waals surface area contributed by atoms with Crippen molar-refractivity contribution in [3.05, 3.63) is 35.4 Å². The molecule has 0 aliphatic rings. The number of ether oxygens (including phenoxy) is 2. The van der Waals surface area contributed by atoms with E-state index in [1.54, 1.807) is 7.11 Å². The highest BCUT2D eigenvalue weighted by Crippen LogP contribution is 2.11. The van der Waals surface area contributed by atoms with E-state index in [-0.39, 0.29) is 0 Å². The summed E-state index contributed by atoms with van der Waals surface area (Å²) in [5.74, 6) is 0.490. The molecule has 1 rings (SSSR count). The maximum absolute atomic E-state index is 10.2. The zero-order valence-corrected chi connectivity index (χ0v) is 14.4. The first-order chi connectivity index (χ1) is 10.5. The summed E-state index contributed by atoms with van der Waals surface area (Å²) in [6.45, 7) is 10.3. The number of aliphatic hydroxyl groups excluding tert-OH is 1. The second-order valence-electron chi connectivity index (χ2n) is 6.24. The summed E-state index contributed by atoms with van der Waals surface area (Å²) >= 11 is 0. The van der Waals surface area contributed by atoms with Crippen LogP contribution in [0.2, 0.25) is 0 Å². The van der Waals surface area contributed by atoms with Gasteiger partial charge in [0.25, 0.3) is 0 Å². The Bertz CT molecular complexity index is 409. The highest BCUT2D eigenvalue weighted by atomic mass is 16.5.